The lowest BCUT2D eigenvalue weighted by Gasteiger charge is -2.31. The van der Waals surface area contributed by atoms with Crippen LogP contribution in [-0.4, -0.2) is 74.9 Å². The predicted molar refractivity (Wildman–Crippen MR) is 180 cm³/mol. The van der Waals surface area contributed by atoms with Crippen LogP contribution in [0.1, 0.15) is 55.9 Å². The minimum absolute atomic E-state index is 0.0554. The lowest BCUT2D eigenvalue weighted by Crippen LogP contribution is -2.47. The summed E-state index contributed by atoms with van der Waals surface area (Å²) in [4.78, 5) is 11.5. The van der Waals surface area contributed by atoms with E-state index >= 15 is 0 Å². The highest BCUT2D eigenvalue weighted by Gasteiger charge is 2.30. The lowest BCUT2D eigenvalue weighted by molar-refractivity contribution is -0.136. The number of benzene rings is 3. The molecule has 0 heterocycles. The number of sulfonamides is 1. The van der Waals surface area contributed by atoms with E-state index in [-0.39, 0.29) is 36.4 Å². The van der Waals surface area contributed by atoms with Gasteiger partial charge in [-0.25, -0.2) is 8.42 Å². The number of nitrogens with one attached hydrogen (secondary N) is 1. The van der Waals surface area contributed by atoms with E-state index < -0.39 is 22.1 Å². The molecule has 10 heteroatoms. The number of rotatable bonds is 16. The second kappa shape index (κ2) is 15.0. The van der Waals surface area contributed by atoms with Crippen LogP contribution in [0.2, 0.25) is 0 Å². The summed E-state index contributed by atoms with van der Waals surface area (Å²) in [5.41, 5.74) is 5.48. The molecule has 1 atom stereocenters. The summed E-state index contributed by atoms with van der Waals surface area (Å²) in [5, 5.41) is 23.7. The summed E-state index contributed by atoms with van der Waals surface area (Å²) in [6, 6.07) is 17.3. The maximum Gasteiger partial charge on any atom is 0.303 e. The van der Waals surface area contributed by atoms with Crippen LogP contribution in [0.3, 0.4) is 0 Å². The number of aliphatic hydroxyl groups excluding tert-OH is 1. The highest BCUT2D eigenvalue weighted by atomic mass is 32.2. The van der Waals surface area contributed by atoms with Gasteiger partial charge in [-0.1, -0.05) is 37.3 Å². The third-order valence-corrected chi connectivity index (χ3v) is 10.8. The number of aryl methyl sites for hydroxylation is 2. The molecule has 0 amide bonds. The molecular weight excluding hydrogens is 604 g/mol. The average molecular weight is 653 g/mol. The van der Waals surface area contributed by atoms with Gasteiger partial charge in [-0.05, 0) is 110 Å². The number of aliphatic carboxylic acids is 1. The largest absolute Gasteiger partial charge is 0.493 e. The third-order valence-electron chi connectivity index (χ3n) is 8.88. The Hall–Kier alpha value is -3.44. The van der Waals surface area contributed by atoms with Crippen molar-refractivity contribution >= 4 is 16.0 Å². The zero-order valence-corrected chi connectivity index (χ0v) is 28.6. The number of fused-ring (bicyclic) bond motifs is 1. The number of hydrogen-bond acceptors (Lipinski definition) is 7. The van der Waals surface area contributed by atoms with Crippen molar-refractivity contribution in [1.29, 1.82) is 0 Å². The SMILES string of the molecule is CCc1cc(-c2cc(OC)c(OC)cc2CCC(=O)O)ccc1S(=O)(=O)N(C)CC(O)CNC(C)(C)CC1Cc2ccccc2C1. The van der Waals surface area contributed by atoms with Crippen LogP contribution in [0.5, 0.6) is 11.5 Å². The highest BCUT2D eigenvalue weighted by molar-refractivity contribution is 7.89. The summed E-state index contributed by atoms with van der Waals surface area (Å²) in [6.45, 7) is 6.36. The van der Waals surface area contributed by atoms with Crippen LogP contribution in [0.15, 0.2) is 59.5 Å². The van der Waals surface area contributed by atoms with Crippen LogP contribution in [0.25, 0.3) is 11.1 Å². The molecule has 1 aliphatic rings. The second-order valence-corrected chi connectivity index (χ2v) is 14.9. The highest BCUT2D eigenvalue weighted by Crippen LogP contribution is 2.38. The van der Waals surface area contributed by atoms with Crippen LogP contribution < -0.4 is 14.8 Å². The van der Waals surface area contributed by atoms with Crippen molar-refractivity contribution in [1.82, 2.24) is 9.62 Å². The molecule has 250 valence electrons. The maximum atomic E-state index is 13.8. The molecule has 0 bridgehead atoms. The molecule has 0 saturated heterocycles. The van der Waals surface area contributed by atoms with E-state index in [4.69, 9.17) is 9.47 Å². The van der Waals surface area contributed by atoms with Crippen molar-refractivity contribution in [2.75, 3.05) is 34.4 Å². The number of carboxylic acids is 1. The van der Waals surface area contributed by atoms with Gasteiger partial charge in [0.1, 0.15) is 0 Å². The molecule has 0 fully saturated rings. The van der Waals surface area contributed by atoms with Gasteiger partial charge in [-0.15, -0.1) is 0 Å². The summed E-state index contributed by atoms with van der Waals surface area (Å²) in [5.74, 6) is 0.594. The fourth-order valence-electron chi connectivity index (χ4n) is 6.52. The fraction of sp³-hybridized carbons (Fsp3) is 0.472. The van der Waals surface area contributed by atoms with E-state index in [1.165, 1.54) is 36.7 Å². The number of methoxy groups -OCH3 is 2. The summed E-state index contributed by atoms with van der Waals surface area (Å²) >= 11 is 0. The number of carboxylic acid groups (broad SMARTS) is 1. The Morgan fingerprint density at radius 3 is 2.24 bits per heavy atom. The topological polar surface area (TPSA) is 125 Å². The third kappa shape index (κ3) is 8.47. The number of β-amino-alcohol motifs (C(OH)–C–C–N with tert-alkyl or cyclic N) is 1. The van der Waals surface area contributed by atoms with Gasteiger partial charge in [0.05, 0.1) is 25.2 Å². The molecule has 0 saturated carbocycles. The van der Waals surface area contributed by atoms with Crippen LogP contribution in [0, 0.1) is 5.92 Å². The van der Waals surface area contributed by atoms with Gasteiger partial charge in [0.25, 0.3) is 0 Å². The molecule has 1 unspecified atom stereocenters. The smallest absolute Gasteiger partial charge is 0.303 e. The van der Waals surface area contributed by atoms with Crippen molar-refractivity contribution in [2.45, 2.75) is 75.8 Å². The van der Waals surface area contributed by atoms with Crippen LogP contribution >= 0.6 is 0 Å². The van der Waals surface area contributed by atoms with Crippen LogP contribution in [-0.2, 0) is 40.5 Å². The zero-order valence-electron chi connectivity index (χ0n) is 27.8. The van der Waals surface area contributed by atoms with Crippen molar-refractivity contribution in [2.24, 2.45) is 5.92 Å². The molecule has 3 aromatic rings. The van der Waals surface area contributed by atoms with E-state index in [0.29, 0.717) is 29.4 Å². The van der Waals surface area contributed by atoms with Gasteiger partial charge >= 0.3 is 5.97 Å². The predicted octanol–water partition coefficient (Wildman–Crippen LogP) is 5.11. The summed E-state index contributed by atoms with van der Waals surface area (Å²) < 4.78 is 39.7. The molecule has 46 heavy (non-hydrogen) atoms. The zero-order chi connectivity index (χ0) is 33.6. The Bertz CT molecular complexity index is 1610. The molecule has 0 spiro atoms. The van der Waals surface area contributed by atoms with Crippen molar-refractivity contribution < 1.29 is 32.9 Å². The quantitative estimate of drug-likeness (QED) is 0.195. The monoisotopic (exact) mass is 652 g/mol. The average Bonchev–Trinajstić information content (AvgIpc) is 3.43. The van der Waals surface area contributed by atoms with Gasteiger partial charge in [0.2, 0.25) is 10.0 Å². The van der Waals surface area contributed by atoms with E-state index in [1.54, 1.807) is 24.3 Å². The van der Waals surface area contributed by atoms with Crippen molar-refractivity contribution in [3.63, 3.8) is 0 Å². The number of carbonyl (C=O) groups is 1. The standard InChI is InChI=1S/C36H48N2O7S/c1-7-25-18-28(31-20-33(45-6)32(44-5)19-29(31)13-15-35(40)41)12-14-34(25)46(42,43)38(4)23-30(39)22-37-36(2,3)21-24-16-26-10-8-9-11-27(26)17-24/h8-12,14,18-20,24,30,37,39H,7,13,15-17,21-23H2,1-6H3,(H,40,41). The van der Waals surface area contributed by atoms with E-state index in [1.807, 2.05) is 13.0 Å². The fourth-order valence-corrected chi connectivity index (χ4v) is 8.00. The minimum Gasteiger partial charge on any atom is -0.493 e. The molecule has 3 N–H and O–H groups in total. The maximum absolute atomic E-state index is 13.8. The van der Waals surface area contributed by atoms with Crippen LogP contribution in [0.4, 0.5) is 0 Å². The first-order chi connectivity index (χ1) is 21.8. The molecule has 9 nitrogen and oxygen atoms in total. The normalized spacial score (nSPS) is 14.3. The first-order valence-electron chi connectivity index (χ1n) is 15.8. The van der Waals surface area contributed by atoms with Crippen molar-refractivity contribution in [3.8, 4) is 22.6 Å². The number of nitrogens with zero attached hydrogens (tertiary/aromatic N) is 1. The Kier molecular flexibility index (Phi) is 11.5. The summed E-state index contributed by atoms with van der Waals surface area (Å²) in [6.07, 6.45) is 2.82. The second-order valence-electron chi connectivity index (χ2n) is 12.9. The Morgan fingerprint density at radius 2 is 1.65 bits per heavy atom. The Labute approximate surface area is 273 Å². The van der Waals surface area contributed by atoms with E-state index in [0.717, 1.165) is 36.0 Å². The lowest BCUT2D eigenvalue weighted by atomic mass is 9.88. The molecule has 1 aliphatic carbocycles. The Balaban J connectivity index is 1.46. The molecular formula is C36H48N2O7S. The van der Waals surface area contributed by atoms with Gasteiger partial charge < -0.3 is 25.0 Å². The first kappa shape index (κ1) is 35.4. The van der Waals surface area contributed by atoms with Gasteiger partial charge in [-0.3, -0.25) is 4.79 Å². The number of hydrogen-bond donors (Lipinski definition) is 3. The molecule has 0 aliphatic heterocycles. The minimum atomic E-state index is -3.91. The van der Waals surface area contributed by atoms with Gasteiger partial charge in [0, 0.05) is 32.1 Å². The van der Waals surface area contributed by atoms with Gasteiger partial charge in [0.15, 0.2) is 11.5 Å². The number of ether oxygens (including phenoxy) is 2. The van der Waals surface area contributed by atoms with E-state index in [9.17, 15) is 23.4 Å². The molecule has 4 rings (SSSR count). The molecule has 0 aromatic heterocycles. The van der Waals surface area contributed by atoms with Crippen molar-refractivity contribution in [3.05, 3.63) is 76.9 Å². The van der Waals surface area contributed by atoms with Gasteiger partial charge in [-0.2, -0.15) is 4.31 Å². The Morgan fingerprint density at radius 1 is 1.02 bits per heavy atom. The molecule has 0 radical (unpaired) electrons. The number of likely N-dealkylation sites (N-methyl/N-ethyl adjacent to an activating group) is 1. The van der Waals surface area contributed by atoms with E-state index in [2.05, 4.69) is 43.4 Å². The molecule has 3 aromatic carbocycles. The summed E-state index contributed by atoms with van der Waals surface area (Å²) in [7, 11) is 0.631. The first-order valence-corrected chi connectivity index (χ1v) is 17.3. The number of aliphatic hydroxyl groups is 1.